The number of amidine groups is 2. The molecule has 1 aliphatic carbocycles. The minimum atomic E-state index is 0.202. The molecule has 0 amide bonds. The normalized spacial score (nSPS) is 14.5. The Labute approximate surface area is 360 Å². The van der Waals surface area contributed by atoms with Crippen molar-refractivity contribution >= 4 is 134 Å². The van der Waals surface area contributed by atoms with Crippen molar-refractivity contribution in [1.29, 1.82) is 5.41 Å². The molecule has 10 rings (SSSR count). The van der Waals surface area contributed by atoms with Crippen LogP contribution < -0.4 is 27.3 Å². The Balaban J connectivity index is 1.20. The minimum absolute atomic E-state index is 0.202. The molecule has 9 aromatic rings. The van der Waals surface area contributed by atoms with E-state index in [9.17, 15) is 5.41 Å². The number of nitrogens with one attached hydrogen (secondary N) is 1. The maximum atomic E-state index is 9.58. The first-order valence-corrected chi connectivity index (χ1v) is 21.1. The lowest BCUT2D eigenvalue weighted by atomic mass is 9.60. The van der Waals surface area contributed by atoms with Gasteiger partial charge in [0.25, 0.3) is 0 Å². The number of benzene rings is 7. The highest BCUT2D eigenvalue weighted by Crippen LogP contribution is 2.41. The maximum absolute atomic E-state index is 9.58. The molecule has 2 aromatic heterocycles. The standard InChI is InChI=1S/C51H42B5N5/c52-43-42(44(53)46(55)47(56)45(43)54)50(57)59-51(34-17-11-16-33(28-34)31-14-5-2-6-15-31)58-29-60-40-20-9-7-18-36(40)38-26-27-39-37-19-8-10-21-41(37)61(49(39)48(38)60)35-24-22-32(23-25-35)30-12-3-1-4-13-30/h1-22,24-29,32,57H,23,52-56H2/b57-50?,58-29+,59-51-. The van der Waals surface area contributed by atoms with Crippen LogP contribution in [0.2, 0.25) is 0 Å². The lowest BCUT2D eigenvalue weighted by Gasteiger charge is -2.19. The van der Waals surface area contributed by atoms with E-state index in [2.05, 4.69) is 200 Å². The zero-order valence-electron chi connectivity index (χ0n) is 35.2. The number of hydrogen-bond acceptors (Lipinski definition) is 1. The van der Waals surface area contributed by atoms with Gasteiger partial charge in [-0.1, -0.05) is 150 Å². The summed E-state index contributed by atoms with van der Waals surface area (Å²) < 4.78 is 4.68. The predicted molar refractivity (Wildman–Crippen MR) is 276 cm³/mol. The Kier molecular flexibility index (Phi) is 9.72. The van der Waals surface area contributed by atoms with Gasteiger partial charge in [-0.2, -0.15) is 0 Å². The van der Waals surface area contributed by atoms with Crippen LogP contribution >= 0.6 is 0 Å². The van der Waals surface area contributed by atoms with Crippen molar-refractivity contribution in [3.8, 4) is 11.1 Å². The van der Waals surface area contributed by atoms with E-state index in [1.807, 2.05) is 18.5 Å². The number of fused-ring (bicyclic) bond motifs is 7. The van der Waals surface area contributed by atoms with Crippen molar-refractivity contribution in [3.63, 3.8) is 0 Å². The summed E-state index contributed by atoms with van der Waals surface area (Å²) in [6, 6.07) is 51.4. The number of nitrogens with zero attached hydrogens (tertiary/aromatic N) is 4. The van der Waals surface area contributed by atoms with Crippen LogP contribution in [0.5, 0.6) is 0 Å². The SMILES string of the molecule is Bc1c(B)c(B)c(C(=N)/N=C(\N=C\n2c3ccccc3c3ccc4c5ccccc5n(C5=CCC(c6ccccc6)C=C5)c4c32)c2cccc(-c3ccccc3)c2)c(B)c1B. The number of allylic oxidation sites excluding steroid dienone is 4. The van der Waals surface area contributed by atoms with Gasteiger partial charge < -0.3 is 4.57 Å². The summed E-state index contributed by atoms with van der Waals surface area (Å²) in [4.78, 5) is 10.4. The van der Waals surface area contributed by atoms with Crippen molar-refractivity contribution in [2.75, 3.05) is 0 Å². The summed E-state index contributed by atoms with van der Waals surface area (Å²) in [5.41, 5.74) is 16.6. The molecule has 5 nitrogen and oxygen atoms in total. The molecule has 61 heavy (non-hydrogen) atoms. The van der Waals surface area contributed by atoms with Crippen molar-refractivity contribution in [3.05, 3.63) is 181 Å². The van der Waals surface area contributed by atoms with Crippen LogP contribution in [0.4, 0.5) is 0 Å². The van der Waals surface area contributed by atoms with Gasteiger partial charge in [0.05, 0.1) is 22.1 Å². The number of rotatable bonds is 6. The highest BCUT2D eigenvalue weighted by atomic mass is 15.1. The van der Waals surface area contributed by atoms with Crippen LogP contribution in [0.1, 0.15) is 29.0 Å². The molecule has 0 bridgehead atoms. The molecule has 1 N–H and O–H groups in total. The summed E-state index contributed by atoms with van der Waals surface area (Å²) in [5, 5.41) is 14.3. The Morgan fingerprint density at radius 2 is 1.18 bits per heavy atom. The van der Waals surface area contributed by atoms with E-state index in [0.29, 0.717) is 11.8 Å². The number of aliphatic imine (C=N–C) groups is 2. The zero-order chi connectivity index (χ0) is 41.8. The topological polar surface area (TPSA) is 58.4 Å². The van der Waals surface area contributed by atoms with E-state index in [0.717, 1.165) is 78.1 Å². The molecule has 0 aliphatic heterocycles. The second kappa shape index (κ2) is 15.5. The lowest BCUT2D eigenvalue weighted by Crippen LogP contribution is -2.57. The third-order valence-electron chi connectivity index (χ3n) is 13.0. The van der Waals surface area contributed by atoms with E-state index in [-0.39, 0.29) is 5.84 Å². The van der Waals surface area contributed by atoms with Gasteiger partial charge in [-0.3, -0.25) is 9.98 Å². The lowest BCUT2D eigenvalue weighted by molar-refractivity contribution is 0.850. The fraction of sp³-hybridized carbons (Fsp3) is 0.0392. The van der Waals surface area contributed by atoms with Crippen LogP contribution in [0.3, 0.4) is 0 Å². The molecule has 0 saturated heterocycles. The van der Waals surface area contributed by atoms with Crippen LogP contribution in [-0.4, -0.2) is 66.4 Å². The zero-order valence-corrected chi connectivity index (χ0v) is 35.2. The van der Waals surface area contributed by atoms with E-state index >= 15 is 0 Å². The van der Waals surface area contributed by atoms with Crippen molar-refractivity contribution in [2.45, 2.75) is 12.3 Å². The van der Waals surface area contributed by atoms with Gasteiger partial charge in [0.1, 0.15) is 45.6 Å². The van der Waals surface area contributed by atoms with E-state index in [1.165, 1.54) is 32.7 Å². The number of hydrogen-bond donors (Lipinski definition) is 1. The first-order valence-electron chi connectivity index (χ1n) is 21.1. The fourth-order valence-corrected chi connectivity index (χ4v) is 9.41. The average Bonchev–Trinajstić information content (AvgIpc) is 3.82. The number of para-hydroxylation sites is 2. The van der Waals surface area contributed by atoms with Crippen LogP contribution in [-0.2, 0) is 0 Å². The monoisotopic (exact) mass is 779 g/mol. The molecule has 0 fully saturated rings. The summed E-state index contributed by atoms with van der Waals surface area (Å²) in [5.74, 6) is 1.00. The van der Waals surface area contributed by atoms with Crippen molar-refractivity contribution < 1.29 is 0 Å². The number of aromatic nitrogens is 2. The smallest absolute Gasteiger partial charge is 0.163 e. The molecule has 0 saturated carbocycles. The second-order valence-corrected chi connectivity index (χ2v) is 16.3. The van der Waals surface area contributed by atoms with E-state index in [1.54, 1.807) is 0 Å². The van der Waals surface area contributed by atoms with Crippen molar-refractivity contribution in [1.82, 2.24) is 9.13 Å². The van der Waals surface area contributed by atoms with Crippen LogP contribution in [0.15, 0.2) is 174 Å². The van der Waals surface area contributed by atoms with Gasteiger partial charge in [-0.05, 0) is 47.4 Å². The van der Waals surface area contributed by atoms with E-state index < -0.39 is 0 Å². The molecule has 1 aliphatic rings. The first kappa shape index (κ1) is 38.2. The van der Waals surface area contributed by atoms with Crippen LogP contribution in [0, 0.1) is 5.41 Å². The van der Waals surface area contributed by atoms with Gasteiger partial charge in [0.15, 0.2) is 11.7 Å². The summed E-state index contributed by atoms with van der Waals surface area (Å²) in [6.45, 7) is 0. The highest BCUT2D eigenvalue weighted by Gasteiger charge is 2.22. The molecule has 1 unspecified atom stereocenters. The van der Waals surface area contributed by atoms with Gasteiger partial charge in [0, 0.05) is 44.3 Å². The average molecular weight is 779 g/mol. The van der Waals surface area contributed by atoms with Crippen LogP contribution in [0.25, 0.3) is 60.4 Å². The predicted octanol–water partition coefficient (Wildman–Crippen LogP) is 3.79. The second-order valence-electron chi connectivity index (χ2n) is 16.3. The molecular weight excluding hydrogens is 737 g/mol. The molecule has 0 radical (unpaired) electrons. The minimum Gasteiger partial charge on any atom is -0.308 e. The Hall–Kier alpha value is -7.05. The van der Waals surface area contributed by atoms with Gasteiger partial charge >= 0.3 is 0 Å². The largest absolute Gasteiger partial charge is 0.308 e. The summed E-state index contributed by atoms with van der Waals surface area (Å²) in [6.07, 6.45) is 9.87. The maximum Gasteiger partial charge on any atom is 0.163 e. The van der Waals surface area contributed by atoms with Crippen molar-refractivity contribution in [2.24, 2.45) is 9.98 Å². The van der Waals surface area contributed by atoms with Gasteiger partial charge in [-0.15, -0.1) is 16.4 Å². The molecule has 10 heteroatoms. The highest BCUT2D eigenvalue weighted by molar-refractivity contribution is 6.68. The molecule has 0 spiro atoms. The van der Waals surface area contributed by atoms with Gasteiger partial charge in [0.2, 0.25) is 0 Å². The quantitative estimate of drug-likeness (QED) is 0.152. The summed E-state index contributed by atoms with van der Waals surface area (Å²) in [7, 11) is 10.7. The Bertz CT molecular complexity index is 3330. The Morgan fingerprint density at radius 1 is 0.590 bits per heavy atom. The molecule has 7 aromatic carbocycles. The Morgan fingerprint density at radius 3 is 1.87 bits per heavy atom. The van der Waals surface area contributed by atoms with E-state index in [4.69, 9.17) is 9.98 Å². The third-order valence-corrected chi connectivity index (χ3v) is 13.0. The third kappa shape index (κ3) is 6.54. The fourth-order valence-electron chi connectivity index (χ4n) is 9.41. The molecule has 286 valence electrons. The molecule has 2 heterocycles. The summed E-state index contributed by atoms with van der Waals surface area (Å²) >= 11 is 0. The first-order chi connectivity index (χ1) is 29.8. The van der Waals surface area contributed by atoms with Gasteiger partial charge in [-0.25, -0.2) is 9.98 Å². The molecule has 1 atom stereocenters. The molecular formula is C51H42B5N5.